The molecule has 3 aromatic rings. The van der Waals surface area contributed by atoms with Crippen molar-refractivity contribution in [2.45, 2.75) is 46.3 Å². The first-order chi connectivity index (χ1) is 17.8. The molecule has 1 aromatic heterocycles. The van der Waals surface area contributed by atoms with Crippen molar-refractivity contribution in [3.8, 4) is 11.5 Å². The van der Waals surface area contributed by atoms with Crippen molar-refractivity contribution >= 4 is 28.5 Å². The van der Waals surface area contributed by atoms with Gasteiger partial charge in [-0.2, -0.15) is 0 Å². The van der Waals surface area contributed by atoms with Gasteiger partial charge in [-0.15, -0.1) is 0 Å². The SMILES string of the molecule is C=CCOc1ccc(C2c3c(oc4cc(C)c(Cl)cc4c3=O)C(=O)N2CCCOC(C)C)cc1OCC. The van der Waals surface area contributed by atoms with Crippen LogP contribution in [0.5, 0.6) is 11.5 Å². The van der Waals surface area contributed by atoms with Gasteiger partial charge in [0.1, 0.15) is 12.2 Å². The van der Waals surface area contributed by atoms with E-state index in [2.05, 4.69) is 6.58 Å². The molecule has 0 N–H and O–H groups in total. The number of rotatable bonds is 11. The number of hydrogen-bond acceptors (Lipinski definition) is 6. The average Bonchev–Trinajstić information content (AvgIpc) is 3.14. The van der Waals surface area contributed by atoms with Crippen molar-refractivity contribution in [3.63, 3.8) is 0 Å². The Morgan fingerprint density at radius 3 is 2.65 bits per heavy atom. The van der Waals surface area contributed by atoms with Crippen molar-refractivity contribution in [2.75, 3.05) is 26.4 Å². The van der Waals surface area contributed by atoms with E-state index in [0.29, 0.717) is 65.8 Å². The van der Waals surface area contributed by atoms with E-state index in [1.807, 2.05) is 39.8 Å². The first-order valence-electron chi connectivity index (χ1n) is 12.5. The lowest BCUT2D eigenvalue weighted by atomic mass is 9.97. The van der Waals surface area contributed by atoms with E-state index < -0.39 is 6.04 Å². The summed E-state index contributed by atoms with van der Waals surface area (Å²) in [6.45, 7) is 12.9. The molecule has 1 aliphatic heterocycles. The summed E-state index contributed by atoms with van der Waals surface area (Å²) in [5, 5.41) is 0.804. The van der Waals surface area contributed by atoms with Crippen LogP contribution in [0.1, 0.15) is 60.5 Å². The van der Waals surface area contributed by atoms with Crippen LogP contribution in [-0.4, -0.2) is 43.3 Å². The zero-order chi connectivity index (χ0) is 26.7. The maximum absolute atomic E-state index is 13.8. The van der Waals surface area contributed by atoms with Gasteiger partial charge in [0.05, 0.1) is 29.7 Å². The first kappa shape index (κ1) is 26.8. The van der Waals surface area contributed by atoms with Crippen molar-refractivity contribution in [3.05, 3.63) is 80.7 Å². The molecular formula is C29H32ClNO6. The van der Waals surface area contributed by atoms with Crippen LogP contribution >= 0.6 is 11.6 Å². The van der Waals surface area contributed by atoms with Gasteiger partial charge in [-0.05, 0) is 69.5 Å². The van der Waals surface area contributed by atoms with E-state index in [1.165, 1.54) is 0 Å². The Morgan fingerprint density at radius 1 is 1.16 bits per heavy atom. The van der Waals surface area contributed by atoms with Crippen molar-refractivity contribution in [1.29, 1.82) is 0 Å². The van der Waals surface area contributed by atoms with Gasteiger partial charge in [-0.25, -0.2) is 0 Å². The third kappa shape index (κ3) is 5.38. The Morgan fingerprint density at radius 2 is 1.95 bits per heavy atom. The van der Waals surface area contributed by atoms with Crippen LogP contribution in [0.2, 0.25) is 5.02 Å². The largest absolute Gasteiger partial charge is 0.490 e. The molecule has 4 rings (SSSR count). The molecule has 1 aliphatic rings. The number of fused-ring (bicyclic) bond motifs is 2. The number of carbonyl (C=O) groups excluding carboxylic acids is 1. The standard InChI is InChI=1S/C29H32ClNO6/c1-6-12-36-22-10-9-19(15-24(22)34-7-2)26-25-27(32)20-16-21(30)18(5)14-23(20)37-28(25)29(33)31(26)11-8-13-35-17(3)4/h6,9-10,14-17,26H,1,7-8,11-13H2,2-5H3. The van der Waals surface area contributed by atoms with Crippen LogP contribution in [0.3, 0.4) is 0 Å². The molecule has 0 saturated heterocycles. The predicted octanol–water partition coefficient (Wildman–Crippen LogP) is 6.08. The predicted molar refractivity (Wildman–Crippen MR) is 144 cm³/mol. The van der Waals surface area contributed by atoms with Crippen LogP contribution in [0.25, 0.3) is 11.0 Å². The number of carbonyl (C=O) groups is 1. The van der Waals surface area contributed by atoms with E-state index in [0.717, 1.165) is 11.1 Å². The summed E-state index contributed by atoms with van der Waals surface area (Å²) in [5.41, 5.74) is 1.84. The molecule has 0 saturated carbocycles. The van der Waals surface area contributed by atoms with Gasteiger partial charge in [0.15, 0.2) is 16.9 Å². The average molecular weight is 526 g/mol. The number of hydrogen-bond donors (Lipinski definition) is 0. The zero-order valence-corrected chi connectivity index (χ0v) is 22.4. The number of halogens is 1. The highest BCUT2D eigenvalue weighted by atomic mass is 35.5. The van der Waals surface area contributed by atoms with Gasteiger partial charge >= 0.3 is 0 Å². The lowest BCUT2D eigenvalue weighted by molar-refractivity contribution is 0.0593. The number of benzene rings is 2. The molecule has 1 atom stereocenters. The molecule has 0 bridgehead atoms. The lowest BCUT2D eigenvalue weighted by Crippen LogP contribution is -2.31. The van der Waals surface area contributed by atoms with Crippen LogP contribution in [0.15, 0.2) is 52.2 Å². The monoisotopic (exact) mass is 525 g/mol. The van der Waals surface area contributed by atoms with Crippen LogP contribution in [0, 0.1) is 6.92 Å². The summed E-state index contributed by atoms with van der Waals surface area (Å²) in [6, 6.07) is 8.09. The molecule has 0 fully saturated rings. The van der Waals surface area contributed by atoms with Gasteiger partial charge in [0, 0.05) is 18.2 Å². The van der Waals surface area contributed by atoms with Crippen LogP contribution in [-0.2, 0) is 4.74 Å². The fourth-order valence-electron chi connectivity index (χ4n) is 4.50. The van der Waals surface area contributed by atoms with Gasteiger partial charge in [-0.3, -0.25) is 9.59 Å². The second-order valence-corrected chi connectivity index (χ2v) is 9.59. The molecule has 0 spiro atoms. The number of aryl methyl sites for hydroxylation is 1. The fourth-order valence-corrected chi connectivity index (χ4v) is 4.67. The minimum atomic E-state index is -0.657. The Hall–Kier alpha value is -3.29. The maximum atomic E-state index is 13.8. The Labute approximate surface area is 221 Å². The molecule has 2 aromatic carbocycles. The highest BCUT2D eigenvalue weighted by Crippen LogP contribution is 2.41. The van der Waals surface area contributed by atoms with Crippen molar-refractivity contribution in [1.82, 2.24) is 4.90 Å². The molecule has 196 valence electrons. The molecule has 1 unspecified atom stereocenters. The summed E-state index contributed by atoms with van der Waals surface area (Å²) < 4.78 is 23.3. The minimum absolute atomic E-state index is 0.0546. The molecule has 7 nitrogen and oxygen atoms in total. The summed E-state index contributed by atoms with van der Waals surface area (Å²) in [7, 11) is 0. The minimum Gasteiger partial charge on any atom is -0.490 e. The molecule has 37 heavy (non-hydrogen) atoms. The smallest absolute Gasteiger partial charge is 0.290 e. The molecule has 0 aliphatic carbocycles. The van der Waals surface area contributed by atoms with E-state index in [9.17, 15) is 9.59 Å². The van der Waals surface area contributed by atoms with Crippen LogP contribution < -0.4 is 14.9 Å². The van der Waals surface area contributed by atoms with E-state index >= 15 is 0 Å². The summed E-state index contributed by atoms with van der Waals surface area (Å²) in [6.07, 6.45) is 2.34. The second-order valence-electron chi connectivity index (χ2n) is 9.18. The zero-order valence-electron chi connectivity index (χ0n) is 21.6. The Kier molecular flexibility index (Phi) is 8.25. The maximum Gasteiger partial charge on any atom is 0.290 e. The van der Waals surface area contributed by atoms with Gasteiger partial charge in [0.25, 0.3) is 5.91 Å². The van der Waals surface area contributed by atoms with E-state index in [4.69, 9.17) is 30.2 Å². The third-order valence-electron chi connectivity index (χ3n) is 6.18. The van der Waals surface area contributed by atoms with Crippen molar-refractivity contribution < 1.29 is 23.4 Å². The Bertz CT molecular complexity index is 1380. The highest BCUT2D eigenvalue weighted by Gasteiger charge is 2.42. The van der Waals surface area contributed by atoms with Crippen molar-refractivity contribution in [2.24, 2.45) is 0 Å². The normalized spacial score (nSPS) is 14.9. The van der Waals surface area contributed by atoms with Gasteiger partial charge < -0.3 is 23.5 Å². The quantitative estimate of drug-likeness (QED) is 0.223. The Balaban J connectivity index is 1.85. The van der Waals surface area contributed by atoms with E-state index in [-0.39, 0.29) is 23.2 Å². The van der Waals surface area contributed by atoms with Gasteiger partial charge in [0.2, 0.25) is 5.76 Å². The highest BCUT2D eigenvalue weighted by molar-refractivity contribution is 6.32. The molecular weight excluding hydrogens is 494 g/mol. The topological polar surface area (TPSA) is 78.2 Å². The number of nitrogens with zero attached hydrogens (tertiary/aromatic N) is 1. The molecule has 8 heteroatoms. The summed E-state index contributed by atoms with van der Waals surface area (Å²) >= 11 is 6.34. The third-order valence-corrected chi connectivity index (χ3v) is 6.59. The lowest BCUT2D eigenvalue weighted by Gasteiger charge is -2.26. The summed E-state index contributed by atoms with van der Waals surface area (Å²) in [4.78, 5) is 29.1. The fraction of sp³-hybridized carbons (Fsp3) is 0.379. The molecule has 0 radical (unpaired) electrons. The molecule has 2 heterocycles. The van der Waals surface area contributed by atoms with Crippen LogP contribution in [0.4, 0.5) is 0 Å². The van der Waals surface area contributed by atoms with E-state index in [1.54, 1.807) is 29.2 Å². The first-order valence-corrected chi connectivity index (χ1v) is 12.8. The number of amides is 1. The molecule has 1 amide bonds. The second kappa shape index (κ2) is 11.4. The summed E-state index contributed by atoms with van der Waals surface area (Å²) in [5.74, 6) is 0.800. The number of ether oxygens (including phenoxy) is 3. The van der Waals surface area contributed by atoms with Gasteiger partial charge in [-0.1, -0.05) is 30.3 Å².